The van der Waals surface area contributed by atoms with E-state index in [1.807, 2.05) is 18.2 Å². The molecule has 19 heavy (non-hydrogen) atoms. The highest BCUT2D eigenvalue weighted by atomic mass is 16.5. The van der Waals surface area contributed by atoms with E-state index in [2.05, 4.69) is 0 Å². The number of hydrogen-bond donors (Lipinski definition) is 2. The van der Waals surface area contributed by atoms with Crippen molar-refractivity contribution >= 4 is 5.78 Å². The number of hydrogen-bond acceptors (Lipinski definition) is 5. The van der Waals surface area contributed by atoms with Gasteiger partial charge in [0.1, 0.15) is 18.3 Å². The highest BCUT2D eigenvalue weighted by molar-refractivity contribution is 5.85. The van der Waals surface area contributed by atoms with Gasteiger partial charge in [-0.2, -0.15) is 5.26 Å². The molecule has 5 nitrogen and oxygen atoms in total. The first-order valence-corrected chi connectivity index (χ1v) is 6.09. The Morgan fingerprint density at radius 1 is 1.47 bits per heavy atom. The third-order valence-corrected chi connectivity index (χ3v) is 2.72. The van der Waals surface area contributed by atoms with Crippen molar-refractivity contribution in [2.75, 3.05) is 13.2 Å². The zero-order chi connectivity index (χ0) is 14.3. The van der Waals surface area contributed by atoms with Crippen LogP contribution in [0, 0.1) is 17.2 Å². The van der Waals surface area contributed by atoms with Crippen LogP contribution < -0.4 is 10.5 Å². The molecule has 0 spiro atoms. The van der Waals surface area contributed by atoms with Crippen molar-refractivity contribution < 1.29 is 14.6 Å². The number of benzene rings is 1. The van der Waals surface area contributed by atoms with E-state index < -0.39 is 12.0 Å². The van der Waals surface area contributed by atoms with Gasteiger partial charge in [0.2, 0.25) is 0 Å². The maximum absolute atomic E-state index is 11.7. The fourth-order valence-electron chi connectivity index (χ4n) is 1.61. The first kappa shape index (κ1) is 15.2. The van der Waals surface area contributed by atoms with E-state index >= 15 is 0 Å². The minimum atomic E-state index is -0.839. The van der Waals surface area contributed by atoms with Crippen molar-refractivity contribution in [2.45, 2.75) is 19.4 Å². The molecule has 0 radical (unpaired) electrons. The molecule has 102 valence electrons. The predicted octanol–water partition coefficient (Wildman–Crippen LogP) is 0.656. The molecule has 2 atom stereocenters. The normalized spacial score (nSPS) is 13.4. The van der Waals surface area contributed by atoms with Gasteiger partial charge >= 0.3 is 0 Å². The Labute approximate surface area is 112 Å². The van der Waals surface area contributed by atoms with Gasteiger partial charge in [0.05, 0.1) is 6.07 Å². The quantitative estimate of drug-likeness (QED) is 0.752. The van der Waals surface area contributed by atoms with Crippen LogP contribution in [-0.2, 0) is 11.2 Å². The number of ketones is 1. The third-order valence-electron chi connectivity index (χ3n) is 2.72. The number of nitrogens with two attached hydrogens (primary N) is 1. The minimum Gasteiger partial charge on any atom is -0.486 e. The van der Waals surface area contributed by atoms with Crippen molar-refractivity contribution in [3.8, 4) is 11.8 Å². The van der Waals surface area contributed by atoms with E-state index in [0.717, 1.165) is 5.56 Å². The van der Waals surface area contributed by atoms with Crippen LogP contribution in [0.25, 0.3) is 0 Å². The first-order valence-electron chi connectivity index (χ1n) is 6.09. The Hall–Kier alpha value is -1.90. The zero-order valence-electron chi connectivity index (χ0n) is 10.9. The van der Waals surface area contributed by atoms with Crippen LogP contribution in [0.15, 0.2) is 24.3 Å². The molecule has 0 aliphatic carbocycles. The van der Waals surface area contributed by atoms with Gasteiger partial charge in [-0.05, 0) is 31.0 Å². The van der Waals surface area contributed by atoms with Gasteiger partial charge in [-0.3, -0.25) is 4.79 Å². The highest BCUT2D eigenvalue weighted by Gasteiger charge is 2.22. The van der Waals surface area contributed by atoms with Crippen LogP contribution in [0.1, 0.15) is 12.5 Å². The topological polar surface area (TPSA) is 96.3 Å². The van der Waals surface area contributed by atoms with Gasteiger partial charge in [-0.15, -0.1) is 0 Å². The molecule has 0 aromatic heterocycles. The molecule has 0 saturated carbocycles. The Morgan fingerprint density at radius 2 is 2.11 bits per heavy atom. The lowest BCUT2D eigenvalue weighted by Crippen LogP contribution is -2.34. The van der Waals surface area contributed by atoms with Crippen LogP contribution in [0.5, 0.6) is 5.75 Å². The lowest BCUT2D eigenvalue weighted by molar-refractivity contribution is -0.123. The second kappa shape index (κ2) is 7.52. The summed E-state index contributed by atoms with van der Waals surface area (Å²) in [5, 5.41) is 17.6. The van der Waals surface area contributed by atoms with Gasteiger partial charge in [0.25, 0.3) is 0 Å². The first-order chi connectivity index (χ1) is 9.08. The van der Waals surface area contributed by atoms with Crippen LogP contribution in [0.2, 0.25) is 0 Å². The van der Waals surface area contributed by atoms with E-state index in [4.69, 9.17) is 20.8 Å². The van der Waals surface area contributed by atoms with Crippen molar-refractivity contribution in [1.29, 1.82) is 5.26 Å². The number of aliphatic hydroxyl groups is 1. The van der Waals surface area contributed by atoms with E-state index in [9.17, 15) is 4.79 Å². The number of rotatable bonds is 7. The standard InChI is InChI=1S/C14H18N2O3/c1-10(16)13(8-15)14(18)9-19-12-4-2-11(3-5-12)6-7-17/h2-5,10,13,17H,6-7,9,16H2,1H3. The number of nitriles is 1. The molecule has 5 heteroatoms. The largest absolute Gasteiger partial charge is 0.486 e. The van der Waals surface area contributed by atoms with Crippen LogP contribution in [0.4, 0.5) is 0 Å². The number of carbonyl (C=O) groups is 1. The molecule has 0 bridgehead atoms. The summed E-state index contributed by atoms with van der Waals surface area (Å²) < 4.78 is 5.32. The van der Waals surface area contributed by atoms with Crippen LogP contribution in [0.3, 0.4) is 0 Å². The summed E-state index contributed by atoms with van der Waals surface area (Å²) in [6.07, 6.45) is 0.584. The molecule has 0 aliphatic heterocycles. The smallest absolute Gasteiger partial charge is 0.188 e. The average molecular weight is 262 g/mol. The van der Waals surface area contributed by atoms with Gasteiger partial charge in [0, 0.05) is 12.6 Å². The molecule has 1 rings (SSSR count). The number of nitrogens with zero attached hydrogens (tertiary/aromatic N) is 1. The Bertz CT molecular complexity index is 449. The van der Waals surface area contributed by atoms with E-state index in [1.54, 1.807) is 19.1 Å². The summed E-state index contributed by atoms with van der Waals surface area (Å²) in [7, 11) is 0. The van der Waals surface area contributed by atoms with Gasteiger partial charge in [-0.25, -0.2) is 0 Å². The van der Waals surface area contributed by atoms with Crippen LogP contribution >= 0.6 is 0 Å². The molecule has 1 aromatic carbocycles. The third kappa shape index (κ3) is 4.70. The summed E-state index contributed by atoms with van der Waals surface area (Å²) in [5.41, 5.74) is 6.54. The maximum atomic E-state index is 11.7. The second-order valence-corrected chi connectivity index (χ2v) is 4.34. The van der Waals surface area contributed by atoms with E-state index in [-0.39, 0.29) is 19.0 Å². The monoisotopic (exact) mass is 262 g/mol. The number of carbonyl (C=O) groups excluding carboxylic acids is 1. The van der Waals surface area contributed by atoms with Gasteiger partial charge in [-0.1, -0.05) is 12.1 Å². The Kier molecular flexibility index (Phi) is 6.00. The molecule has 0 fully saturated rings. The molecular weight excluding hydrogens is 244 g/mol. The van der Waals surface area contributed by atoms with Gasteiger partial charge < -0.3 is 15.6 Å². The summed E-state index contributed by atoms with van der Waals surface area (Å²) in [6, 6.07) is 8.48. The van der Waals surface area contributed by atoms with E-state index in [0.29, 0.717) is 12.2 Å². The van der Waals surface area contributed by atoms with Crippen LogP contribution in [-0.4, -0.2) is 30.1 Å². The predicted molar refractivity (Wildman–Crippen MR) is 70.5 cm³/mol. The molecule has 0 heterocycles. The fourth-order valence-corrected chi connectivity index (χ4v) is 1.61. The SMILES string of the molecule is CC(N)C(C#N)C(=O)COc1ccc(CCO)cc1. The summed E-state index contributed by atoms with van der Waals surface area (Å²) in [6.45, 7) is 1.55. The fraction of sp³-hybridized carbons (Fsp3) is 0.429. The number of ether oxygens (including phenoxy) is 1. The van der Waals surface area contributed by atoms with Crippen molar-refractivity contribution in [2.24, 2.45) is 11.7 Å². The molecule has 1 aromatic rings. The average Bonchev–Trinajstić information content (AvgIpc) is 2.38. The van der Waals surface area contributed by atoms with E-state index in [1.165, 1.54) is 0 Å². The zero-order valence-corrected chi connectivity index (χ0v) is 10.9. The highest BCUT2D eigenvalue weighted by Crippen LogP contribution is 2.13. The molecular formula is C14H18N2O3. The van der Waals surface area contributed by atoms with Gasteiger partial charge in [0.15, 0.2) is 5.78 Å². The van der Waals surface area contributed by atoms with Crippen molar-refractivity contribution in [1.82, 2.24) is 0 Å². The van der Waals surface area contributed by atoms with Crippen molar-refractivity contribution in [3.05, 3.63) is 29.8 Å². The Morgan fingerprint density at radius 3 is 2.58 bits per heavy atom. The van der Waals surface area contributed by atoms with Crippen molar-refractivity contribution in [3.63, 3.8) is 0 Å². The summed E-state index contributed by atoms with van der Waals surface area (Å²) in [4.78, 5) is 11.7. The lowest BCUT2D eigenvalue weighted by Gasteiger charge is -2.12. The molecule has 0 aliphatic rings. The lowest BCUT2D eigenvalue weighted by atomic mass is 9.99. The summed E-state index contributed by atoms with van der Waals surface area (Å²) >= 11 is 0. The molecule has 0 saturated heterocycles. The molecule has 3 N–H and O–H groups in total. The maximum Gasteiger partial charge on any atom is 0.188 e. The molecule has 0 amide bonds. The molecule has 2 unspecified atom stereocenters. The number of aliphatic hydroxyl groups excluding tert-OH is 1. The summed E-state index contributed by atoms with van der Waals surface area (Å²) in [5.74, 6) is -0.609. The second-order valence-electron chi connectivity index (χ2n) is 4.34. The number of Topliss-reactive ketones (excluding diaryl/α,β-unsaturated/α-hetero) is 1. The Balaban J connectivity index is 2.52. The minimum absolute atomic E-state index is 0.0942.